The van der Waals surface area contributed by atoms with Crippen molar-refractivity contribution in [3.8, 4) is 0 Å². The van der Waals surface area contributed by atoms with Crippen LogP contribution in [0.1, 0.15) is 100 Å². The lowest BCUT2D eigenvalue weighted by Gasteiger charge is -2.45. The summed E-state index contributed by atoms with van der Waals surface area (Å²) in [5, 5.41) is 3.95. The molecule has 1 aliphatic heterocycles. The lowest BCUT2D eigenvalue weighted by Crippen LogP contribution is -2.59. The average molecular weight is 323 g/mol. The maximum Gasteiger partial charge on any atom is 0.108 e. The van der Waals surface area contributed by atoms with Crippen molar-refractivity contribution in [2.45, 2.75) is 112 Å². The van der Waals surface area contributed by atoms with Crippen molar-refractivity contribution in [3.63, 3.8) is 0 Å². The van der Waals surface area contributed by atoms with Crippen LogP contribution in [0, 0.1) is 17.8 Å². The third kappa shape index (κ3) is 7.83. The summed E-state index contributed by atoms with van der Waals surface area (Å²) in [5.41, 5.74) is 1.60. The van der Waals surface area contributed by atoms with Crippen molar-refractivity contribution >= 4 is 5.71 Å². The summed E-state index contributed by atoms with van der Waals surface area (Å²) in [6, 6.07) is 0. The van der Waals surface area contributed by atoms with E-state index in [4.69, 9.17) is 4.99 Å². The largest absolute Gasteiger partial charge is 0.288 e. The van der Waals surface area contributed by atoms with Gasteiger partial charge in [0.05, 0.1) is 0 Å². The summed E-state index contributed by atoms with van der Waals surface area (Å²) in [7, 11) is 0. The molecule has 1 heterocycles. The van der Waals surface area contributed by atoms with Crippen LogP contribution in [0.15, 0.2) is 4.99 Å². The monoisotopic (exact) mass is 322 g/mol. The molecule has 1 N–H and O–H groups in total. The molecule has 136 valence electrons. The minimum absolute atomic E-state index is 0.0689. The Labute approximate surface area is 145 Å². The highest BCUT2D eigenvalue weighted by molar-refractivity contribution is 5.86. The van der Waals surface area contributed by atoms with E-state index in [0.29, 0.717) is 0 Å². The fourth-order valence-corrected chi connectivity index (χ4v) is 3.61. The lowest BCUT2D eigenvalue weighted by molar-refractivity contribution is 0.187. The third-order valence-electron chi connectivity index (χ3n) is 5.06. The van der Waals surface area contributed by atoms with Crippen molar-refractivity contribution in [3.05, 3.63) is 0 Å². The maximum atomic E-state index is 5.19. The molecule has 0 saturated heterocycles. The zero-order valence-electron chi connectivity index (χ0n) is 17.1. The first-order valence-corrected chi connectivity index (χ1v) is 9.90. The average Bonchev–Trinajstić information content (AvgIpc) is 2.40. The van der Waals surface area contributed by atoms with Crippen molar-refractivity contribution < 1.29 is 0 Å². The molecule has 0 bridgehead atoms. The molecule has 0 aromatic carbocycles. The Morgan fingerprint density at radius 2 is 1.39 bits per heavy atom. The van der Waals surface area contributed by atoms with Gasteiger partial charge in [0.25, 0.3) is 0 Å². The Morgan fingerprint density at radius 1 is 0.870 bits per heavy atom. The Bertz CT molecular complexity index is 383. The fraction of sp³-hybridized carbons (Fsp3) is 0.952. The van der Waals surface area contributed by atoms with Crippen LogP contribution in [-0.4, -0.2) is 16.9 Å². The van der Waals surface area contributed by atoms with Crippen LogP contribution < -0.4 is 5.32 Å². The SMILES string of the molecule is CC(C)CCC1=NC(C)(CCC(C)C)NC(C)(CCC(C)C)C1. The van der Waals surface area contributed by atoms with Gasteiger partial charge in [0.15, 0.2) is 0 Å². The van der Waals surface area contributed by atoms with Crippen LogP contribution in [-0.2, 0) is 0 Å². The van der Waals surface area contributed by atoms with Crippen LogP contribution in [0.25, 0.3) is 0 Å². The molecular weight excluding hydrogens is 280 g/mol. The molecule has 2 unspecified atom stereocenters. The highest BCUT2D eigenvalue weighted by Crippen LogP contribution is 2.33. The second-order valence-electron chi connectivity index (χ2n) is 9.61. The summed E-state index contributed by atoms with van der Waals surface area (Å²) in [5.74, 6) is 2.27. The molecule has 0 radical (unpaired) electrons. The van der Waals surface area contributed by atoms with E-state index >= 15 is 0 Å². The van der Waals surface area contributed by atoms with Crippen LogP contribution >= 0.6 is 0 Å². The molecule has 1 rings (SSSR count). The van der Waals surface area contributed by atoms with Crippen molar-refractivity contribution in [1.82, 2.24) is 5.32 Å². The van der Waals surface area contributed by atoms with Crippen molar-refractivity contribution in [1.29, 1.82) is 0 Å². The molecule has 2 heteroatoms. The first kappa shape index (κ1) is 20.7. The number of hydrogen-bond donors (Lipinski definition) is 1. The minimum atomic E-state index is -0.0689. The van der Waals surface area contributed by atoms with E-state index in [9.17, 15) is 0 Å². The fourth-order valence-electron chi connectivity index (χ4n) is 3.61. The normalized spacial score (nSPS) is 28.7. The van der Waals surface area contributed by atoms with Crippen molar-refractivity contribution in [2.75, 3.05) is 0 Å². The minimum Gasteiger partial charge on any atom is -0.288 e. The number of aliphatic imine (C=N–C) groups is 1. The smallest absolute Gasteiger partial charge is 0.108 e. The van der Waals surface area contributed by atoms with Crippen LogP contribution in [0.2, 0.25) is 0 Å². The van der Waals surface area contributed by atoms with E-state index in [0.717, 1.165) is 30.6 Å². The van der Waals surface area contributed by atoms with E-state index in [2.05, 4.69) is 60.7 Å². The number of hydrogen-bond acceptors (Lipinski definition) is 2. The van der Waals surface area contributed by atoms with Gasteiger partial charge in [0.1, 0.15) is 5.66 Å². The lowest BCUT2D eigenvalue weighted by atomic mass is 9.81. The Kier molecular flexibility index (Phi) is 7.77. The molecular formula is C21H42N2. The second kappa shape index (κ2) is 8.65. The van der Waals surface area contributed by atoms with Gasteiger partial charge in [-0.15, -0.1) is 0 Å². The summed E-state index contributed by atoms with van der Waals surface area (Å²) in [6.07, 6.45) is 8.50. The van der Waals surface area contributed by atoms with Gasteiger partial charge in [0.2, 0.25) is 0 Å². The Balaban J connectivity index is 2.86. The van der Waals surface area contributed by atoms with Gasteiger partial charge >= 0.3 is 0 Å². The van der Waals surface area contributed by atoms with Gasteiger partial charge in [0, 0.05) is 17.7 Å². The summed E-state index contributed by atoms with van der Waals surface area (Å²) >= 11 is 0. The molecule has 2 atom stereocenters. The van der Waals surface area contributed by atoms with Crippen LogP contribution in [0.5, 0.6) is 0 Å². The molecule has 0 aromatic rings. The molecule has 0 amide bonds. The van der Waals surface area contributed by atoms with Crippen molar-refractivity contribution in [2.24, 2.45) is 22.7 Å². The standard InChI is InChI=1S/C21H42N2/c1-16(2)9-10-19-15-20(7,13-11-17(3)4)23-21(8,22-19)14-12-18(5)6/h16-18,23H,9-15H2,1-8H3. The highest BCUT2D eigenvalue weighted by atomic mass is 15.2. The molecule has 0 fully saturated rings. The van der Waals surface area contributed by atoms with Crippen LogP contribution in [0.3, 0.4) is 0 Å². The van der Waals surface area contributed by atoms with Gasteiger partial charge in [-0.3, -0.25) is 10.3 Å². The molecule has 0 aliphatic carbocycles. The van der Waals surface area contributed by atoms with E-state index in [1.165, 1.54) is 37.8 Å². The number of nitrogens with zero attached hydrogens (tertiary/aromatic N) is 1. The van der Waals surface area contributed by atoms with Gasteiger partial charge in [-0.1, -0.05) is 41.5 Å². The molecule has 0 saturated carbocycles. The predicted molar refractivity (Wildman–Crippen MR) is 104 cm³/mol. The van der Waals surface area contributed by atoms with Gasteiger partial charge in [-0.25, -0.2) is 0 Å². The van der Waals surface area contributed by atoms with Gasteiger partial charge in [-0.05, 0) is 70.1 Å². The van der Waals surface area contributed by atoms with Gasteiger partial charge < -0.3 is 0 Å². The van der Waals surface area contributed by atoms with E-state index in [-0.39, 0.29) is 11.2 Å². The highest BCUT2D eigenvalue weighted by Gasteiger charge is 2.38. The maximum absolute atomic E-state index is 5.19. The first-order chi connectivity index (χ1) is 10.5. The third-order valence-corrected chi connectivity index (χ3v) is 5.06. The molecule has 2 nitrogen and oxygen atoms in total. The number of rotatable bonds is 9. The van der Waals surface area contributed by atoms with E-state index in [1.807, 2.05) is 0 Å². The van der Waals surface area contributed by atoms with Gasteiger partial charge in [-0.2, -0.15) is 0 Å². The summed E-state index contributed by atoms with van der Waals surface area (Å²) in [6.45, 7) is 18.7. The van der Waals surface area contributed by atoms with Crippen LogP contribution in [0.4, 0.5) is 0 Å². The quantitative estimate of drug-likeness (QED) is 0.536. The molecule has 23 heavy (non-hydrogen) atoms. The molecule has 0 spiro atoms. The second-order valence-corrected chi connectivity index (χ2v) is 9.61. The number of nitrogens with one attached hydrogen (secondary N) is 1. The summed E-state index contributed by atoms with van der Waals surface area (Å²) < 4.78 is 0. The Hall–Kier alpha value is -0.370. The predicted octanol–water partition coefficient (Wildman–Crippen LogP) is 6.20. The first-order valence-electron chi connectivity index (χ1n) is 9.90. The molecule has 1 aliphatic rings. The van der Waals surface area contributed by atoms with E-state index < -0.39 is 0 Å². The van der Waals surface area contributed by atoms with E-state index in [1.54, 1.807) is 0 Å². The molecule has 0 aromatic heterocycles. The summed E-state index contributed by atoms with van der Waals surface area (Å²) in [4.78, 5) is 5.19. The Morgan fingerprint density at radius 3 is 1.91 bits per heavy atom. The zero-order valence-corrected chi connectivity index (χ0v) is 17.1. The topological polar surface area (TPSA) is 24.4 Å². The zero-order chi connectivity index (χ0) is 17.7.